The fraction of sp³-hybridized carbons (Fsp3) is 0.357. The molecular weight excluding hydrogens is 214 g/mol. The van der Waals surface area contributed by atoms with Crippen LogP contribution in [0.25, 0.3) is 0 Å². The van der Waals surface area contributed by atoms with E-state index in [0.29, 0.717) is 11.3 Å². The number of carbonyl (C=O) groups is 1. The summed E-state index contributed by atoms with van der Waals surface area (Å²) in [6.45, 7) is 2.03. The maximum absolute atomic E-state index is 12.0. The molecule has 0 saturated heterocycles. The Morgan fingerprint density at radius 3 is 2.82 bits per heavy atom. The summed E-state index contributed by atoms with van der Waals surface area (Å²) >= 11 is 0. The Balaban J connectivity index is 2.79. The Hall–Kier alpha value is -1.95. The summed E-state index contributed by atoms with van der Waals surface area (Å²) < 4.78 is 5.13. The van der Waals surface area contributed by atoms with E-state index in [1.54, 1.807) is 18.2 Å². The summed E-state index contributed by atoms with van der Waals surface area (Å²) in [5, 5.41) is 2.80. The van der Waals surface area contributed by atoms with Crippen molar-refractivity contribution in [3.8, 4) is 18.1 Å². The predicted molar refractivity (Wildman–Crippen MR) is 68.0 cm³/mol. The normalized spacial score (nSPS) is 11.4. The van der Waals surface area contributed by atoms with Crippen LogP contribution in [0.5, 0.6) is 5.75 Å². The van der Waals surface area contributed by atoms with Gasteiger partial charge in [-0.2, -0.15) is 0 Å². The molecule has 1 amide bonds. The molecule has 1 aromatic carbocycles. The number of ether oxygens (including phenoxy) is 1. The monoisotopic (exact) mass is 231 g/mol. The highest BCUT2D eigenvalue weighted by molar-refractivity contribution is 5.97. The number of carbonyl (C=O) groups excluding carboxylic acids is 1. The van der Waals surface area contributed by atoms with Crippen LogP contribution < -0.4 is 10.1 Å². The zero-order valence-electron chi connectivity index (χ0n) is 10.2. The van der Waals surface area contributed by atoms with Gasteiger partial charge in [0.05, 0.1) is 18.7 Å². The molecule has 1 atom stereocenters. The topological polar surface area (TPSA) is 38.3 Å². The average molecular weight is 231 g/mol. The van der Waals surface area contributed by atoms with Crippen LogP contribution in [0.2, 0.25) is 0 Å². The van der Waals surface area contributed by atoms with Crippen LogP contribution in [0.1, 0.15) is 30.1 Å². The highest BCUT2D eigenvalue weighted by Crippen LogP contribution is 2.17. The Morgan fingerprint density at radius 2 is 2.24 bits per heavy atom. The number of nitrogens with one attached hydrogen (secondary N) is 1. The minimum atomic E-state index is -0.225. The number of para-hydroxylation sites is 1. The van der Waals surface area contributed by atoms with Crippen molar-refractivity contribution in [1.82, 2.24) is 5.32 Å². The van der Waals surface area contributed by atoms with Crippen LogP contribution >= 0.6 is 0 Å². The summed E-state index contributed by atoms with van der Waals surface area (Å²) in [7, 11) is 1.54. The van der Waals surface area contributed by atoms with Crippen LogP contribution in [-0.2, 0) is 0 Å². The van der Waals surface area contributed by atoms with Crippen molar-refractivity contribution >= 4 is 5.91 Å². The van der Waals surface area contributed by atoms with Crippen molar-refractivity contribution in [2.45, 2.75) is 25.8 Å². The van der Waals surface area contributed by atoms with Gasteiger partial charge in [0.25, 0.3) is 5.91 Å². The zero-order chi connectivity index (χ0) is 12.7. The lowest BCUT2D eigenvalue weighted by Gasteiger charge is -2.13. The van der Waals surface area contributed by atoms with Gasteiger partial charge in [-0.1, -0.05) is 31.4 Å². The minimum absolute atomic E-state index is 0.196. The van der Waals surface area contributed by atoms with Crippen molar-refractivity contribution < 1.29 is 9.53 Å². The van der Waals surface area contributed by atoms with E-state index in [1.807, 2.05) is 13.0 Å². The van der Waals surface area contributed by atoms with Gasteiger partial charge in [-0.15, -0.1) is 6.42 Å². The van der Waals surface area contributed by atoms with Crippen molar-refractivity contribution in [1.29, 1.82) is 0 Å². The average Bonchev–Trinajstić information content (AvgIpc) is 2.38. The van der Waals surface area contributed by atoms with Gasteiger partial charge in [0, 0.05) is 0 Å². The van der Waals surface area contributed by atoms with Crippen molar-refractivity contribution in [3.05, 3.63) is 29.8 Å². The van der Waals surface area contributed by atoms with Crippen LogP contribution in [0.15, 0.2) is 24.3 Å². The van der Waals surface area contributed by atoms with Gasteiger partial charge < -0.3 is 10.1 Å². The number of hydrogen-bond donors (Lipinski definition) is 1. The molecule has 3 nitrogen and oxygen atoms in total. The largest absolute Gasteiger partial charge is 0.496 e. The molecule has 90 valence electrons. The van der Waals surface area contributed by atoms with Gasteiger partial charge in [0.1, 0.15) is 5.75 Å². The summed E-state index contributed by atoms with van der Waals surface area (Å²) in [6.07, 6.45) is 7.07. The molecule has 0 fully saturated rings. The van der Waals surface area contributed by atoms with Gasteiger partial charge in [-0.25, -0.2) is 0 Å². The molecule has 0 heterocycles. The summed E-state index contributed by atoms with van der Waals surface area (Å²) in [4.78, 5) is 12.0. The number of rotatable bonds is 5. The maximum atomic E-state index is 12.0. The second-order valence-corrected chi connectivity index (χ2v) is 3.68. The van der Waals surface area contributed by atoms with E-state index in [0.717, 1.165) is 12.8 Å². The first kappa shape index (κ1) is 13.1. The molecule has 0 aliphatic heterocycles. The first-order valence-corrected chi connectivity index (χ1v) is 5.63. The lowest BCUT2D eigenvalue weighted by atomic mass is 10.1. The first-order valence-electron chi connectivity index (χ1n) is 5.63. The standard InChI is InChI=1S/C14H17NO2/c1-4-8-11(5-2)15-14(16)12-9-6-7-10-13(12)17-3/h2,6-7,9-11H,4,8H2,1,3H3,(H,15,16). The van der Waals surface area contributed by atoms with E-state index in [2.05, 4.69) is 11.2 Å². The molecule has 1 N–H and O–H groups in total. The minimum Gasteiger partial charge on any atom is -0.496 e. The molecule has 1 aromatic rings. The third-order valence-corrected chi connectivity index (χ3v) is 2.44. The molecule has 0 aliphatic carbocycles. The molecule has 0 bridgehead atoms. The lowest BCUT2D eigenvalue weighted by molar-refractivity contribution is 0.0941. The van der Waals surface area contributed by atoms with Crippen LogP contribution in [0.4, 0.5) is 0 Å². The van der Waals surface area contributed by atoms with Gasteiger partial charge >= 0.3 is 0 Å². The fourth-order valence-corrected chi connectivity index (χ4v) is 1.55. The molecule has 0 saturated carbocycles. The van der Waals surface area contributed by atoms with E-state index in [9.17, 15) is 4.79 Å². The Labute approximate surface area is 102 Å². The zero-order valence-corrected chi connectivity index (χ0v) is 10.2. The van der Waals surface area contributed by atoms with Crippen molar-refractivity contribution in [2.75, 3.05) is 7.11 Å². The highest BCUT2D eigenvalue weighted by Gasteiger charge is 2.14. The maximum Gasteiger partial charge on any atom is 0.256 e. The van der Waals surface area contributed by atoms with E-state index in [4.69, 9.17) is 11.2 Å². The number of benzene rings is 1. The van der Waals surface area contributed by atoms with Gasteiger partial charge in [0.2, 0.25) is 0 Å². The summed E-state index contributed by atoms with van der Waals surface area (Å²) in [6, 6.07) is 6.85. The van der Waals surface area contributed by atoms with Crippen molar-refractivity contribution in [2.24, 2.45) is 0 Å². The third kappa shape index (κ3) is 3.53. The van der Waals surface area contributed by atoms with Crippen LogP contribution in [0.3, 0.4) is 0 Å². The number of terminal acetylenes is 1. The van der Waals surface area contributed by atoms with Crippen LogP contribution in [-0.4, -0.2) is 19.1 Å². The molecule has 1 unspecified atom stereocenters. The quantitative estimate of drug-likeness (QED) is 0.789. The van der Waals surface area contributed by atoms with Gasteiger partial charge in [-0.3, -0.25) is 4.79 Å². The Kier molecular flexibility index (Phi) is 5.09. The number of hydrogen-bond acceptors (Lipinski definition) is 2. The predicted octanol–water partition coefficient (Wildman–Crippen LogP) is 2.23. The smallest absolute Gasteiger partial charge is 0.256 e. The molecule has 0 aliphatic rings. The highest BCUT2D eigenvalue weighted by atomic mass is 16.5. The molecule has 17 heavy (non-hydrogen) atoms. The third-order valence-electron chi connectivity index (χ3n) is 2.44. The fourth-order valence-electron chi connectivity index (χ4n) is 1.55. The summed E-state index contributed by atoms with van der Waals surface area (Å²) in [5.41, 5.74) is 0.506. The second kappa shape index (κ2) is 6.59. The molecule has 0 spiro atoms. The van der Waals surface area contributed by atoms with E-state index < -0.39 is 0 Å². The molecule has 0 aromatic heterocycles. The number of methoxy groups -OCH3 is 1. The molecule has 1 rings (SSSR count). The summed E-state index contributed by atoms with van der Waals surface area (Å²) in [5.74, 6) is 2.93. The second-order valence-electron chi connectivity index (χ2n) is 3.68. The Morgan fingerprint density at radius 1 is 1.53 bits per heavy atom. The van der Waals surface area contributed by atoms with E-state index in [1.165, 1.54) is 7.11 Å². The Bertz CT molecular complexity index is 420. The molecular formula is C14H17NO2. The first-order chi connectivity index (χ1) is 8.22. The van der Waals surface area contributed by atoms with Crippen molar-refractivity contribution in [3.63, 3.8) is 0 Å². The molecule has 0 radical (unpaired) electrons. The van der Waals surface area contributed by atoms with Gasteiger partial charge in [-0.05, 0) is 18.6 Å². The lowest BCUT2D eigenvalue weighted by Crippen LogP contribution is -2.33. The number of amides is 1. The molecule has 3 heteroatoms. The van der Waals surface area contributed by atoms with E-state index in [-0.39, 0.29) is 11.9 Å². The van der Waals surface area contributed by atoms with Crippen LogP contribution in [0, 0.1) is 12.3 Å². The van der Waals surface area contributed by atoms with E-state index >= 15 is 0 Å². The van der Waals surface area contributed by atoms with Gasteiger partial charge in [0.15, 0.2) is 0 Å². The SMILES string of the molecule is C#CC(CCC)NC(=O)c1ccccc1OC.